The Bertz CT molecular complexity index is 1830. The van der Waals surface area contributed by atoms with Crippen LogP contribution < -0.4 is 14.4 Å². The molecule has 13 heteroatoms. The third-order valence-corrected chi connectivity index (χ3v) is 9.50. The van der Waals surface area contributed by atoms with Crippen LogP contribution in [0.5, 0.6) is 5.88 Å². The minimum absolute atomic E-state index is 0.0363. The lowest BCUT2D eigenvalue weighted by Crippen LogP contribution is -2.61. The van der Waals surface area contributed by atoms with Gasteiger partial charge in [0.05, 0.1) is 12.6 Å². The predicted octanol–water partition coefficient (Wildman–Crippen LogP) is 4.39. The molecule has 0 atom stereocenters. The van der Waals surface area contributed by atoms with Gasteiger partial charge < -0.3 is 14.5 Å². The summed E-state index contributed by atoms with van der Waals surface area (Å²) in [4.78, 5) is 28.1. The lowest BCUT2D eigenvalue weighted by molar-refractivity contribution is -0.139. The molecule has 0 radical (unpaired) electrons. The fourth-order valence-electron chi connectivity index (χ4n) is 5.81. The molecule has 1 N–H and O–H groups in total. The molecular weight excluding hydrogens is 578 g/mol. The van der Waals surface area contributed by atoms with Crippen molar-refractivity contribution in [2.24, 2.45) is 5.41 Å². The molecule has 2 fully saturated rings. The Morgan fingerprint density at radius 3 is 2.44 bits per heavy atom. The molecule has 0 unspecified atom stereocenters. The molecule has 2 aromatic carbocycles. The second kappa shape index (κ2) is 10.9. The van der Waals surface area contributed by atoms with Crippen LogP contribution in [0.3, 0.4) is 0 Å². The molecule has 6 rings (SSSR count). The van der Waals surface area contributed by atoms with Gasteiger partial charge in [-0.25, -0.2) is 32.2 Å². The smallest absolute Gasteiger partial charge is 0.267 e. The molecular formula is C30H28F2N6O4S. The Hall–Kier alpha value is -4.65. The Morgan fingerprint density at radius 1 is 1.05 bits per heavy atom. The SMILES string of the molecule is C=CC(=O)N1CC2(CCN(c3ncnc4ccc(-c5cnc(OC)c(NS(=O)(=O)c6c(F)cccc6F)c5)cc34)CC2)C1. The van der Waals surface area contributed by atoms with E-state index in [0.29, 0.717) is 11.1 Å². The number of rotatable bonds is 7. The number of carbonyl (C=O) groups is 1. The van der Waals surface area contributed by atoms with Crippen LogP contribution in [0.2, 0.25) is 0 Å². The van der Waals surface area contributed by atoms with Gasteiger partial charge in [-0.1, -0.05) is 18.7 Å². The zero-order chi connectivity index (χ0) is 30.4. The maximum atomic E-state index is 14.3. The minimum Gasteiger partial charge on any atom is -0.480 e. The summed E-state index contributed by atoms with van der Waals surface area (Å²) in [5.74, 6) is -1.77. The zero-order valence-electron chi connectivity index (χ0n) is 23.3. The highest BCUT2D eigenvalue weighted by atomic mass is 32.2. The van der Waals surface area contributed by atoms with E-state index < -0.39 is 26.6 Å². The van der Waals surface area contributed by atoms with E-state index in [1.807, 2.05) is 23.1 Å². The largest absolute Gasteiger partial charge is 0.480 e. The number of fused-ring (bicyclic) bond motifs is 1. The van der Waals surface area contributed by atoms with Crippen molar-refractivity contribution in [1.29, 1.82) is 0 Å². The number of piperidine rings is 1. The molecule has 1 amide bonds. The highest BCUT2D eigenvalue weighted by Crippen LogP contribution is 2.42. The third-order valence-electron chi connectivity index (χ3n) is 8.09. The maximum absolute atomic E-state index is 14.3. The number of ether oxygens (including phenoxy) is 1. The summed E-state index contributed by atoms with van der Waals surface area (Å²) in [7, 11) is -3.34. The van der Waals surface area contributed by atoms with Gasteiger partial charge in [-0.15, -0.1) is 0 Å². The van der Waals surface area contributed by atoms with E-state index in [4.69, 9.17) is 4.74 Å². The van der Waals surface area contributed by atoms with Gasteiger partial charge in [-0.3, -0.25) is 9.52 Å². The summed E-state index contributed by atoms with van der Waals surface area (Å²) in [6.07, 6.45) is 6.24. The number of carbonyl (C=O) groups excluding carboxylic acids is 1. The van der Waals surface area contributed by atoms with Gasteiger partial charge in [0, 0.05) is 48.7 Å². The monoisotopic (exact) mass is 606 g/mol. The van der Waals surface area contributed by atoms with Gasteiger partial charge in [0.25, 0.3) is 10.0 Å². The van der Waals surface area contributed by atoms with Crippen molar-refractivity contribution in [2.45, 2.75) is 17.7 Å². The first kappa shape index (κ1) is 28.5. The van der Waals surface area contributed by atoms with E-state index in [9.17, 15) is 22.0 Å². The second-order valence-corrected chi connectivity index (χ2v) is 12.4. The number of sulfonamides is 1. The second-order valence-electron chi connectivity index (χ2n) is 10.8. The van der Waals surface area contributed by atoms with Crippen molar-refractivity contribution in [3.8, 4) is 17.0 Å². The number of hydrogen-bond donors (Lipinski definition) is 1. The van der Waals surface area contributed by atoms with Crippen molar-refractivity contribution in [3.05, 3.63) is 79.3 Å². The molecule has 222 valence electrons. The van der Waals surface area contributed by atoms with Gasteiger partial charge in [-0.05, 0) is 54.8 Å². The van der Waals surface area contributed by atoms with Crippen molar-refractivity contribution >= 4 is 38.3 Å². The molecule has 1 spiro atoms. The third kappa shape index (κ3) is 5.24. The number of anilines is 2. The number of hydrogen-bond acceptors (Lipinski definition) is 8. The van der Waals surface area contributed by atoms with E-state index in [1.54, 1.807) is 0 Å². The van der Waals surface area contributed by atoms with Crippen molar-refractivity contribution in [2.75, 3.05) is 42.9 Å². The highest BCUT2D eigenvalue weighted by Gasteiger charge is 2.46. The Kier molecular flexibility index (Phi) is 7.20. The van der Waals surface area contributed by atoms with Crippen LogP contribution in [0.1, 0.15) is 12.8 Å². The lowest BCUT2D eigenvalue weighted by Gasteiger charge is -2.54. The van der Waals surface area contributed by atoms with E-state index in [1.165, 1.54) is 31.8 Å². The fourth-order valence-corrected chi connectivity index (χ4v) is 7.00. The standard InChI is InChI=1S/C30H28F2N6O4S/c1-3-26(39)38-16-30(17-38)9-11-37(12-10-30)28-21-13-19(7-8-24(21)34-18-35-28)20-14-25(29(42-2)33-15-20)36-43(40,41)27-22(31)5-4-6-23(27)32/h3-8,13-15,18,36H,1,9-12,16-17H2,2H3. The summed E-state index contributed by atoms with van der Waals surface area (Å²) < 4.78 is 62.0. The summed E-state index contributed by atoms with van der Waals surface area (Å²) in [6.45, 7) is 6.59. The number of pyridine rings is 1. The first-order chi connectivity index (χ1) is 20.6. The Balaban J connectivity index is 1.29. The first-order valence-corrected chi connectivity index (χ1v) is 15.0. The minimum atomic E-state index is -4.65. The average Bonchev–Trinajstić information content (AvgIpc) is 2.98. The number of nitrogens with zero attached hydrogens (tertiary/aromatic N) is 5. The Morgan fingerprint density at radius 2 is 1.77 bits per heavy atom. The van der Waals surface area contributed by atoms with Crippen molar-refractivity contribution in [3.63, 3.8) is 0 Å². The lowest BCUT2D eigenvalue weighted by atomic mass is 9.72. The number of nitrogens with one attached hydrogen (secondary N) is 1. The molecule has 4 heterocycles. The molecule has 10 nitrogen and oxygen atoms in total. The van der Waals surface area contributed by atoms with Crippen LogP contribution in [0, 0.1) is 17.0 Å². The fraction of sp³-hybridized carbons (Fsp3) is 0.267. The summed E-state index contributed by atoms with van der Waals surface area (Å²) in [5, 5.41) is 0.805. The number of halogens is 2. The number of methoxy groups -OCH3 is 1. The molecule has 4 aromatic rings. The van der Waals surface area contributed by atoms with Gasteiger partial charge in [0.15, 0.2) is 4.90 Å². The van der Waals surface area contributed by atoms with E-state index in [-0.39, 0.29) is 22.9 Å². The van der Waals surface area contributed by atoms with Gasteiger partial charge in [0.1, 0.15) is 29.5 Å². The molecule has 2 aromatic heterocycles. The van der Waals surface area contributed by atoms with Crippen LogP contribution in [0.25, 0.3) is 22.0 Å². The summed E-state index contributed by atoms with van der Waals surface area (Å²) in [6, 6.07) is 9.87. The van der Waals surface area contributed by atoms with Crippen LogP contribution in [0.15, 0.2) is 72.5 Å². The number of likely N-dealkylation sites (tertiary alicyclic amines) is 1. The van der Waals surface area contributed by atoms with E-state index in [2.05, 4.69) is 31.2 Å². The van der Waals surface area contributed by atoms with Crippen LogP contribution in [0.4, 0.5) is 20.3 Å². The summed E-state index contributed by atoms with van der Waals surface area (Å²) >= 11 is 0. The van der Waals surface area contributed by atoms with Crippen LogP contribution >= 0.6 is 0 Å². The highest BCUT2D eigenvalue weighted by molar-refractivity contribution is 7.92. The molecule has 2 aliphatic rings. The van der Waals surface area contributed by atoms with E-state index in [0.717, 1.165) is 73.9 Å². The number of aromatic nitrogens is 3. The summed E-state index contributed by atoms with van der Waals surface area (Å²) in [5.41, 5.74) is 1.99. The van der Waals surface area contributed by atoms with Gasteiger partial charge in [-0.2, -0.15) is 0 Å². The first-order valence-electron chi connectivity index (χ1n) is 13.6. The molecule has 0 aliphatic carbocycles. The Labute approximate surface area is 247 Å². The number of benzene rings is 2. The van der Waals surface area contributed by atoms with Crippen LogP contribution in [-0.2, 0) is 14.8 Å². The topological polar surface area (TPSA) is 118 Å². The van der Waals surface area contributed by atoms with E-state index >= 15 is 0 Å². The average molecular weight is 607 g/mol. The maximum Gasteiger partial charge on any atom is 0.267 e. The predicted molar refractivity (Wildman–Crippen MR) is 157 cm³/mol. The van der Waals surface area contributed by atoms with Gasteiger partial charge >= 0.3 is 0 Å². The van der Waals surface area contributed by atoms with Gasteiger partial charge in [0.2, 0.25) is 11.8 Å². The molecule has 43 heavy (non-hydrogen) atoms. The molecule has 0 saturated carbocycles. The van der Waals surface area contributed by atoms with Crippen LogP contribution in [-0.4, -0.2) is 67.5 Å². The molecule has 2 aliphatic heterocycles. The molecule has 0 bridgehead atoms. The quantitative estimate of drug-likeness (QED) is 0.308. The van der Waals surface area contributed by atoms with Crippen molar-refractivity contribution < 1.29 is 26.7 Å². The van der Waals surface area contributed by atoms with Crippen molar-refractivity contribution in [1.82, 2.24) is 19.9 Å². The number of amides is 1. The zero-order valence-corrected chi connectivity index (χ0v) is 24.1. The normalized spacial score (nSPS) is 16.2. The molecule has 2 saturated heterocycles.